The van der Waals surface area contributed by atoms with Crippen LogP contribution in [0.25, 0.3) is 0 Å². The Morgan fingerprint density at radius 3 is 2.37 bits per heavy atom. The van der Waals surface area contributed by atoms with Crippen molar-refractivity contribution in [2.45, 2.75) is 52.1 Å². The van der Waals surface area contributed by atoms with Gasteiger partial charge in [-0.05, 0) is 24.3 Å². The van der Waals surface area contributed by atoms with E-state index >= 15 is 0 Å². The molecular formula is C11H20N6O2. The Morgan fingerprint density at radius 2 is 1.89 bits per heavy atom. The third-order valence-corrected chi connectivity index (χ3v) is 2.70. The van der Waals surface area contributed by atoms with E-state index in [1.54, 1.807) is 6.92 Å². The molecular weight excluding hydrogens is 248 g/mol. The molecule has 1 rings (SSSR count). The van der Waals surface area contributed by atoms with E-state index < -0.39 is 18.0 Å². The number of hydrogen-bond donors (Lipinski definition) is 2. The van der Waals surface area contributed by atoms with Crippen molar-refractivity contribution < 1.29 is 9.59 Å². The zero-order chi connectivity index (χ0) is 14.8. The first-order valence-corrected chi connectivity index (χ1v) is 6.02. The fraction of sp³-hybridized carbons (Fsp3) is 0.727. The quantitative estimate of drug-likeness (QED) is 0.765. The van der Waals surface area contributed by atoms with Crippen LogP contribution in [0.5, 0.6) is 0 Å². The molecule has 2 atom stereocenters. The molecule has 0 saturated carbocycles. The second-order valence-electron chi connectivity index (χ2n) is 5.51. The zero-order valence-corrected chi connectivity index (χ0v) is 11.8. The maximum absolute atomic E-state index is 12.0. The van der Waals surface area contributed by atoms with E-state index in [9.17, 15) is 9.59 Å². The SMILES string of the molecule is CC(C(=O)N[C@@H](C)C(N)=O)n1nnnc1C(C)(C)C. The van der Waals surface area contributed by atoms with Crippen LogP contribution in [0.1, 0.15) is 46.5 Å². The molecule has 1 aromatic heterocycles. The summed E-state index contributed by atoms with van der Waals surface area (Å²) in [7, 11) is 0. The number of hydrogen-bond acceptors (Lipinski definition) is 5. The maximum Gasteiger partial charge on any atom is 0.245 e. The Labute approximate surface area is 111 Å². The average Bonchev–Trinajstić information content (AvgIpc) is 2.75. The van der Waals surface area contributed by atoms with Gasteiger partial charge in [-0.25, -0.2) is 4.68 Å². The Bertz CT molecular complexity index is 476. The van der Waals surface area contributed by atoms with Crippen molar-refractivity contribution in [3.8, 4) is 0 Å². The van der Waals surface area contributed by atoms with Gasteiger partial charge in [-0.1, -0.05) is 20.8 Å². The van der Waals surface area contributed by atoms with Gasteiger partial charge >= 0.3 is 0 Å². The van der Waals surface area contributed by atoms with Crippen molar-refractivity contribution in [1.82, 2.24) is 25.5 Å². The van der Waals surface area contributed by atoms with E-state index in [-0.39, 0.29) is 11.3 Å². The van der Waals surface area contributed by atoms with Gasteiger partial charge in [0.1, 0.15) is 12.1 Å². The highest BCUT2D eigenvalue weighted by atomic mass is 16.2. The zero-order valence-electron chi connectivity index (χ0n) is 11.8. The van der Waals surface area contributed by atoms with Gasteiger partial charge < -0.3 is 11.1 Å². The molecule has 0 aliphatic carbocycles. The molecule has 0 saturated heterocycles. The molecule has 8 heteroatoms. The van der Waals surface area contributed by atoms with Crippen LogP contribution in [0.2, 0.25) is 0 Å². The lowest BCUT2D eigenvalue weighted by atomic mass is 9.95. The van der Waals surface area contributed by atoms with Gasteiger partial charge in [-0.15, -0.1) is 5.10 Å². The Kier molecular flexibility index (Phi) is 4.23. The predicted molar refractivity (Wildman–Crippen MR) is 68.0 cm³/mol. The Hall–Kier alpha value is -1.99. The molecule has 0 radical (unpaired) electrons. The largest absolute Gasteiger partial charge is 0.368 e. The normalized spacial score (nSPS) is 14.8. The predicted octanol–water partition coefficient (Wildman–Crippen LogP) is -0.478. The Morgan fingerprint density at radius 1 is 1.32 bits per heavy atom. The van der Waals surface area contributed by atoms with Gasteiger partial charge in [0, 0.05) is 5.41 Å². The van der Waals surface area contributed by atoms with Crippen molar-refractivity contribution in [3.63, 3.8) is 0 Å². The number of rotatable bonds is 4. The van der Waals surface area contributed by atoms with Crippen molar-refractivity contribution >= 4 is 11.8 Å². The number of nitrogens with one attached hydrogen (secondary N) is 1. The molecule has 1 unspecified atom stereocenters. The molecule has 0 bridgehead atoms. The minimum atomic E-state index is -0.732. The summed E-state index contributed by atoms with van der Waals surface area (Å²) in [6.45, 7) is 9.04. The van der Waals surface area contributed by atoms with Gasteiger partial charge in [-0.2, -0.15) is 0 Å². The second-order valence-corrected chi connectivity index (χ2v) is 5.51. The van der Waals surface area contributed by atoms with Crippen molar-refractivity contribution in [3.05, 3.63) is 5.82 Å². The number of tetrazole rings is 1. The summed E-state index contributed by atoms with van der Waals surface area (Å²) < 4.78 is 1.45. The van der Waals surface area contributed by atoms with Crippen molar-refractivity contribution in [2.75, 3.05) is 0 Å². The van der Waals surface area contributed by atoms with Crippen LogP contribution in [-0.4, -0.2) is 38.1 Å². The number of nitrogens with two attached hydrogens (primary N) is 1. The van der Waals surface area contributed by atoms with Crippen LogP contribution in [-0.2, 0) is 15.0 Å². The third-order valence-electron chi connectivity index (χ3n) is 2.70. The van der Waals surface area contributed by atoms with Crippen LogP contribution in [0.15, 0.2) is 0 Å². The molecule has 0 aliphatic heterocycles. The van der Waals surface area contributed by atoms with E-state index in [1.165, 1.54) is 11.6 Å². The maximum atomic E-state index is 12.0. The minimum absolute atomic E-state index is 0.284. The number of carbonyl (C=O) groups excluding carboxylic acids is 2. The summed E-state index contributed by atoms with van der Waals surface area (Å²) in [4.78, 5) is 22.9. The van der Waals surface area contributed by atoms with Crippen LogP contribution in [0.3, 0.4) is 0 Å². The monoisotopic (exact) mass is 268 g/mol. The fourth-order valence-corrected chi connectivity index (χ4v) is 1.46. The second kappa shape index (κ2) is 5.33. The van der Waals surface area contributed by atoms with E-state index in [2.05, 4.69) is 20.8 Å². The van der Waals surface area contributed by atoms with Gasteiger partial charge in [-0.3, -0.25) is 9.59 Å². The summed E-state index contributed by atoms with van der Waals surface area (Å²) in [5.74, 6) is -0.348. The molecule has 0 aromatic carbocycles. The topological polar surface area (TPSA) is 116 Å². The number of amides is 2. The molecule has 1 heterocycles. The molecule has 0 spiro atoms. The summed E-state index contributed by atoms with van der Waals surface area (Å²) in [6, 6.07) is -1.35. The van der Waals surface area contributed by atoms with Crippen LogP contribution in [0, 0.1) is 0 Å². The first-order valence-electron chi connectivity index (χ1n) is 6.02. The summed E-state index contributed by atoms with van der Waals surface area (Å²) in [5.41, 5.74) is 4.82. The van der Waals surface area contributed by atoms with Gasteiger partial charge in [0.15, 0.2) is 5.82 Å². The lowest BCUT2D eigenvalue weighted by molar-refractivity contribution is -0.129. The van der Waals surface area contributed by atoms with Crippen molar-refractivity contribution in [2.24, 2.45) is 5.73 Å². The molecule has 8 nitrogen and oxygen atoms in total. The fourth-order valence-electron chi connectivity index (χ4n) is 1.46. The van der Waals surface area contributed by atoms with Crippen LogP contribution in [0.4, 0.5) is 0 Å². The standard InChI is InChI=1S/C11H20N6O2/c1-6(8(12)18)13-9(19)7(2)17-10(11(3,4)5)14-15-16-17/h6-7H,1-5H3,(H2,12,18)(H,13,19)/t6-,7?/m0/s1. The van der Waals surface area contributed by atoms with E-state index in [4.69, 9.17) is 5.73 Å². The summed E-state index contributed by atoms with van der Waals surface area (Å²) in [5, 5.41) is 13.9. The van der Waals surface area contributed by atoms with Gasteiger partial charge in [0.25, 0.3) is 0 Å². The lowest BCUT2D eigenvalue weighted by Gasteiger charge is -2.21. The van der Waals surface area contributed by atoms with E-state index in [1.807, 2.05) is 20.8 Å². The molecule has 2 amide bonds. The first kappa shape index (κ1) is 15.1. The highest BCUT2D eigenvalue weighted by Crippen LogP contribution is 2.21. The molecule has 1 aromatic rings. The highest BCUT2D eigenvalue weighted by molar-refractivity contribution is 5.87. The van der Waals surface area contributed by atoms with E-state index in [0.29, 0.717) is 5.82 Å². The van der Waals surface area contributed by atoms with E-state index in [0.717, 1.165) is 0 Å². The van der Waals surface area contributed by atoms with Crippen LogP contribution < -0.4 is 11.1 Å². The van der Waals surface area contributed by atoms with Gasteiger partial charge in [0.05, 0.1) is 0 Å². The lowest BCUT2D eigenvalue weighted by Crippen LogP contribution is -2.45. The third kappa shape index (κ3) is 3.49. The molecule has 19 heavy (non-hydrogen) atoms. The average molecular weight is 268 g/mol. The molecule has 106 valence electrons. The Balaban J connectivity index is 2.89. The number of carbonyl (C=O) groups is 2. The molecule has 0 fully saturated rings. The summed E-state index contributed by atoms with van der Waals surface area (Å²) >= 11 is 0. The van der Waals surface area contributed by atoms with Crippen molar-refractivity contribution in [1.29, 1.82) is 0 Å². The number of aromatic nitrogens is 4. The van der Waals surface area contributed by atoms with Gasteiger partial charge in [0.2, 0.25) is 11.8 Å². The minimum Gasteiger partial charge on any atom is -0.368 e. The number of nitrogens with zero attached hydrogens (tertiary/aromatic N) is 4. The van der Waals surface area contributed by atoms with Crippen LogP contribution >= 0.6 is 0 Å². The molecule has 3 N–H and O–H groups in total. The highest BCUT2D eigenvalue weighted by Gasteiger charge is 2.28. The first-order chi connectivity index (χ1) is 8.64. The number of primary amides is 1. The molecule has 0 aliphatic rings. The summed E-state index contributed by atoms with van der Waals surface area (Å²) in [6.07, 6.45) is 0. The smallest absolute Gasteiger partial charge is 0.245 e.